The minimum atomic E-state index is 0.554. The molecular weight excluding hydrogens is 152 g/mol. The van der Waals surface area contributed by atoms with E-state index in [0.29, 0.717) is 18.5 Å². The Morgan fingerprint density at radius 2 is 2.42 bits per heavy atom. The number of aldehydes is 1. The third-order valence-electron chi connectivity index (χ3n) is 2.43. The highest BCUT2D eigenvalue weighted by Crippen LogP contribution is 2.06. The fraction of sp³-hybridized carbons (Fsp3) is 0.889. The Morgan fingerprint density at radius 1 is 1.67 bits per heavy atom. The van der Waals surface area contributed by atoms with Gasteiger partial charge in [0.25, 0.3) is 0 Å². The smallest absolute Gasteiger partial charge is 0.133 e. The molecule has 0 saturated carbocycles. The summed E-state index contributed by atoms with van der Waals surface area (Å²) >= 11 is 0. The van der Waals surface area contributed by atoms with Crippen molar-refractivity contribution in [3.63, 3.8) is 0 Å². The Morgan fingerprint density at radius 3 is 3.00 bits per heavy atom. The van der Waals surface area contributed by atoms with E-state index in [1.807, 2.05) is 0 Å². The van der Waals surface area contributed by atoms with Crippen molar-refractivity contribution in [2.24, 2.45) is 5.92 Å². The van der Waals surface area contributed by atoms with Crippen molar-refractivity contribution in [3.8, 4) is 0 Å². The Kier molecular flexibility index (Phi) is 3.69. The predicted octanol–water partition coefficient (Wildman–Crippen LogP) is 0.115. The van der Waals surface area contributed by atoms with Crippen LogP contribution in [0.5, 0.6) is 0 Å². The third kappa shape index (κ3) is 2.57. The molecule has 1 aliphatic heterocycles. The van der Waals surface area contributed by atoms with E-state index in [1.165, 1.54) is 0 Å². The number of nitrogens with one attached hydrogen (secondary N) is 1. The molecule has 0 aromatic carbocycles. The second-order valence-corrected chi connectivity index (χ2v) is 3.73. The maximum absolute atomic E-state index is 10.3. The molecule has 0 amide bonds. The van der Waals surface area contributed by atoms with Gasteiger partial charge in [0.05, 0.1) is 6.54 Å². The van der Waals surface area contributed by atoms with Crippen LogP contribution in [0.2, 0.25) is 0 Å². The van der Waals surface area contributed by atoms with Crippen LogP contribution in [0.3, 0.4) is 0 Å². The molecule has 0 aromatic heterocycles. The molecule has 0 spiro atoms. The largest absolute Gasteiger partial charge is 0.311 e. The quantitative estimate of drug-likeness (QED) is 0.610. The molecule has 1 fully saturated rings. The predicted molar refractivity (Wildman–Crippen MR) is 49.1 cm³/mol. The van der Waals surface area contributed by atoms with Gasteiger partial charge in [0, 0.05) is 25.7 Å². The molecule has 1 N–H and O–H groups in total. The summed E-state index contributed by atoms with van der Waals surface area (Å²) in [5, 5.41) is 3.45. The highest BCUT2D eigenvalue weighted by atomic mass is 16.1. The summed E-state index contributed by atoms with van der Waals surface area (Å²) in [6.07, 6.45) is 0.989. The van der Waals surface area contributed by atoms with E-state index in [2.05, 4.69) is 24.1 Å². The highest BCUT2D eigenvalue weighted by molar-refractivity contribution is 5.52. The van der Waals surface area contributed by atoms with E-state index in [4.69, 9.17) is 0 Å². The van der Waals surface area contributed by atoms with E-state index < -0.39 is 0 Å². The van der Waals surface area contributed by atoms with Gasteiger partial charge in [-0.15, -0.1) is 0 Å². The average molecular weight is 170 g/mol. The first-order valence-electron chi connectivity index (χ1n) is 4.63. The second kappa shape index (κ2) is 4.58. The lowest BCUT2D eigenvalue weighted by atomic mass is 10.0. The van der Waals surface area contributed by atoms with Crippen LogP contribution in [0.25, 0.3) is 0 Å². The number of carbonyl (C=O) groups is 1. The van der Waals surface area contributed by atoms with E-state index >= 15 is 0 Å². The monoisotopic (exact) mass is 170 g/mol. The summed E-state index contributed by atoms with van der Waals surface area (Å²) in [5.74, 6) is 0.652. The van der Waals surface area contributed by atoms with E-state index in [0.717, 1.165) is 25.9 Å². The van der Waals surface area contributed by atoms with Gasteiger partial charge in [-0.05, 0) is 5.92 Å². The fourth-order valence-corrected chi connectivity index (χ4v) is 1.56. The van der Waals surface area contributed by atoms with Crippen LogP contribution in [-0.4, -0.2) is 43.4 Å². The van der Waals surface area contributed by atoms with Crippen LogP contribution in [0.15, 0.2) is 0 Å². The number of nitrogens with zero attached hydrogens (tertiary/aromatic N) is 1. The number of hydrogen-bond acceptors (Lipinski definition) is 3. The Hall–Kier alpha value is -0.410. The second-order valence-electron chi connectivity index (χ2n) is 3.73. The molecule has 0 bridgehead atoms. The lowest BCUT2D eigenvalue weighted by molar-refractivity contribution is -0.109. The molecule has 0 radical (unpaired) electrons. The van der Waals surface area contributed by atoms with Crippen LogP contribution in [0.1, 0.15) is 13.8 Å². The Balaban J connectivity index is 2.34. The highest BCUT2D eigenvalue weighted by Gasteiger charge is 2.20. The van der Waals surface area contributed by atoms with Crippen LogP contribution in [-0.2, 0) is 4.79 Å². The Bertz CT molecular complexity index is 147. The SMILES string of the molecule is CC(C)C1CN(CC=O)CCN1. The van der Waals surface area contributed by atoms with Crippen molar-refractivity contribution in [2.75, 3.05) is 26.2 Å². The van der Waals surface area contributed by atoms with Crippen LogP contribution < -0.4 is 5.32 Å². The van der Waals surface area contributed by atoms with Crippen molar-refractivity contribution in [1.29, 1.82) is 0 Å². The third-order valence-corrected chi connectivity index (χ3v) is 2.43. The van der Waals surface area contributed by atoms with Crippen molar-refractivity contribution in [3.05, 3.63) is 0 Å². The summed E-state index contributed by atoms with van der Waals surface area (Å²) in [4.78, 5) is 12.5. The molecule has 12 heavy (non-hydrogen) atoms. The first kappa shape index (κ1) is 9.68. The van der Waals surface area contributed by atoms with Gasteiger partial charge in [-0.3, -0.25) is 4.90 Å². The summed E-state index contributed by atoms with van der Waals surface area (Å²) in [7, 11) is 0. The number of piperazine rings is 1. The van der Waals surface area contributed by atoms with Gasteiger partial charge < -0.3 is 10.1 Å². The molecule has 3 nitrogen and oxygen atoms in total. The molecule has 1 aliphatic rings. The first-order valence-corrected chi connectivity index (χ1v) is 4.63. The molecule has 1 heterocycles. The van der Waals surface area contributed by atoms with Gasteiger partial charge >= 0.3 is 0 Å². The molecule has 0 aromatic rings. The van der Waals surface area contributed by atoms with Crippen molar-refractivity contribution in [1.82, 2.24) is 10.2 Å². The van der Waals surface area contributed by atoms with Gasteiger partial charge in [0.2, 0.25) is 0 Å². The zero-order valence-corrected chi connectivity index (χ0v) is 7.92. The zero-order valence-electron chi connectivity index (χ0n) is 7.92. The van der Waals surface area contributed by atoms with E-state index in [-0.39, 0.29) is 0 Å². The molecule has 1 unspecified atom stereocenters. The maximum atomic E-state index is 10.3. The summed E-state index contributed by atoms with van der Waals surface area (Å²) < 4.78 is 0. The van der Waals surface area contributed by atoms with Crippen LogP contribution in [0.4, 0.5) is 0 Å². The molecule has 3 heteroatoms. The lowest BCUT2D eigenvalue weighted by Crippen LogP contribution is -2.53. The minimum absolute atomic E-state index is 0.554. The van der Waals surface area contributed by atoms with E-state index in [1.54, 1.807) is 0 Å². The van der Waals surface area contributed by atoms with Gasteiger partial charge in [0.15, 0.2) is 0 Å². The van der Waals surface area contributed by atoms with Crippen molar-refractivity contribution >= 4 is 6.29 Å². The zero-order chi connectivity index (χ0) is 8.97. The topological polar surface area (TPSA) is 32.3 Å². The minimum Gasteiger partial charge on any atom is -0.311 e. The lowest BCUT2D eigenvalue weighted by Gasteiger charge is -2.34. The number of carbonyl (C=O) groups excluding carboxylic acids is 1. The number of rotatable bonds is 3. The molecule has 1 saturated heterocycles. The molecule has 70 valence electrons. The average Bonchev–Trinajstić information content (AvgIpc) is 2.05. The standard InChI is InChI=1S/C9H18N2O/c1-8(2)9-7-11(5-6-12)4-3-10-9/h6,8-10H,3-5,7H2,1-2H3. The summed E-state index contributed by atoms with van der Waals surface area (Å²) in [5.41, 5.74) is 0. The first-order chi connectivity index (χ1) is 5.74. The maximum Gasteiger partial charge on any atom is 0.133 e. The van der Waals surface area contributed by atoms with Crippen LogP contribution >= 0.6 is 0 Å². The molecule has 1 rings (SSSR count). The number of hydrogen-bond donors (Lipinski definition) is 1. The van der Waals surface area contributed by atoms with E-state index in [9.17, 15) is 4.79 Å². The summed E-state index contributed by atoms with van der Waals surface area (Å²) in [6.45, 7) is 8.03. The van der Waals surface area contributed by atoms with Crippen molar-refractivity contribution < 1.29 is 4.79 Å². The van der Waals surface area contributed by atoms with Gasteiger partial charge in [-0.1, -0.05) is 13.8 Å². The van der Waals surface area contributed by atoms with Crippen LogP contribution in [0, 0.1) is 5.92 Å². The Labute approximate surface area is 74.1 Å². The van der Waals surface area contributed by atoms with Crippen molar-refractivity contribution in [2.45, 2.75) is 19.9 Å². The fourth-order valence-electron chi connectivity index (χ4n) is 1.56. The molecular formula is C9H18N2O. The van der Waals surface area contributed by atoms with Gasteiger partial charge in [-0.2, -0.15) is 0 Å². The molecule has 0 aliphatic carbocycles. The normalized spacial score (nSPS) is 26.1. The summed E-state index contributed by atoms with van der Waals surface area (Å²) in [6, 6.07) is 0.554. The molecule has 1 atom stereocenters. The van der Waals surface area contributed by atoms with Gasteiger partial charge in [-0.25, -0.2) is 0 Å². The van der Waals surface area contributed by atoms with Gasteiger partial charge in [0.1, 0.15) is 6.29 Å².